The molecule has 0 heterocycles. The van der Waals surface area contributed by atoms with Crippen LogP contribution in [-0.4, -0.2) is 17.4 Å². The van der Waals surface area contributed by atoms with E-state index in [1.54, 1.807) is 0 Å². The number of benzene rings is 4. The van der Waals surface area contributed by atoms with E-state index in [1.807, 2.05) is 67.6 Å². The second-order valence-electron chi connectivity index (χ2n) is 8.27. The standard InChI is InChI=1S/C29H23NO2S/c1-19-9-11-20(12-10-19)29(32)30-24-6-4-7-25(17-24)33-18-28(31)22-13-14-27-23(16-22)15-21-5-2-3-8-26(21)27/h2-14,16-17H,15,18H2,1H3,(H,30,32). The largest absolute Gasteiger partial charge is 0.322 e. The van der Waals surface area contributed by atoms with E-state index in [2.05, 4.69) is 35.6 Å². The number of rotatable bonds is 6. The van der Waals surface area contributed by atoms with Crippen LogP contribution in [0.2, 0.25) is 0 Å². The fourth-order valence-electron chi connectivity index (χ4n) is 4.12. The Balaban J connectivity index is 1.23. The number of aryl methyl sites for hydroxylation is 1. The van der Waals surface area contributed by atoms with Gasteiger partial charge >= 0.3 is 0 Å². The zero-order chi connectivity index (χ0) is 22.8. The van der Waals surface area contributed by atoms with Gasteiger partial charge in [-0.15, -0.1) is 11.8 Å². The molecule has 0 aliphatic heterocycles. The number of carbonyl (C=O) groups excluding carboxylic acids is 2. The SMILES string of the molecule is Cc1ccc(C(=O)Nc2cccc(SCC(=O)c3ccc4c(c3)Cc3ccccc3-4)c2)cc1. The number of thioether (sulfide) groups is 1. The second-order valence-corrected chi connectivity index (χ2v) is 9.31. The molecule has 1 aliphatic carbocycles. The molecular weight excluding hydrogens is 426 g/mol. The molecule has 1 amide bonds. The van der Waals surface area contributed by atoms with Crippen LogP contribution in [0.15, 0.2) is 95.9 Å². The average Bonchev–Trinajstić information content (AvgIpc) is 3.21. The first-order chi connectivity index (χ1) is 16.1. The minimum atomic E-state index is -0.146. The van der Waals surface area contributed by atoms with Gasteiger partial charge in [0.15, 0.2) is 5.78 Å². The summed E-state index contributed by atoms with van der Waals surface area (Å²) in [6.07, 6.45) is 0.877. The van der Waals surface area contributed by atoms with Crippen molar-refractivity contribution in [3.8, 4) is 11.1 Å². The normalized spacial score (nSPS) is 11.5. The number of carbonyl (C=O) groups is 2. The van der Waals surface area contributed by atoms with Gasteiger partial charge in [0.2, 0.25) is 0 Å². The maximum Gasteiger partial charge on any atom is 0.255 e. The summed E-state index contributed by atoms with van der Waals surface area (Å²) in [5.74, 6) is 0.307. The van der Waals surface area contributed by atoms with Gasteiger partial charge in [0.05, 0.1) is 5.75 Å². The number of hydrogen-bond acceptors (Lipinski definition) is 3. The summed E-state index contributed by atoms with van der Waals surface area (Å²) in [6, 6.07) is 29.5. The number of nitrogens with one attached hydrogen (secondary N) is 1. The molecule has 0 fully saturated rings. The Morgan fingerprint density at radius 3 is 2.39 bits per heavy atom. The van der Waals surface area contributed by atoms with E-state index in [1.165, 1.54) is 34.0 Å². The van der Waals surface area contributed by atoms with Gasteiger partial charge in [0.25, 0.3) is 5.91 Å². The van der Waals surface area contributed by atoms with Crippen LogP contribution in [0, 0.1) is 6.92 Å². The first-order valence-electron chi connectivity index (χ1n) is 10.9. The summed E-state index contributed by atoms with van der Waals surface area (Å²) in [5.41, 5.74) is 8.22. The molecule has 4 aromatic rings. The highest BCUT2D eigenvalue weighted by molar-refractivity contribution is 8.00. The van der Waals surface area contributed by atoms with Crippen LogP contribution in [-0.2, 0) is 6.42 Å². The summed E-state index contributed by atoms with van der Waals surface area (Å²) in [6.45, 7) is 1.99. The average molecular weight is 450 g/mol. The number of hydrogen-bond donors (Lipinski definition) is 1. The molecule has 0 atom stereocenters. The third-order valence-corrected chi connectivity index (χ3v) is 6.89. The van der Waals surface area contributed by atoms with Gasteiger partial charge in [0.1, 0.15) is 0 Å². The number of fused-ring (bicyclic) bond motifs is 3. The summed E-state index contributed by atoms with van der Waals surface area (Å²) in [4.78, 5) is 26.3. The van der Waals surface area contributed by atoms with E-state index >= 15 is 0 Å². The molecule has 1 aliphatic rings. The Morgan fingerprint density at radius 1 is 0.788 bits per heavy atom. The lowest BCUT2D eigenvalue weighted by Crippen LogP contribution is -2.11. The highest BCUT2D eigenvalue weighted by Crippen LogP contribution is 2.37. The molecule has 0 saturated carbocycles. The molecule has 0 radical (unpaired) electrons. The third kappa shape index (κ3) is 4.62. The van der Waals surface area contributed by atoms with Crippen LogP contribution in [0.25, 0.3) is 11.1 Å². The summed E-state index contributed by atoms with van der Waals surface area (Å²) in [7, 11) is 0. The molecule has 1 N–H and O–H groups in total. The summed E-state index contributed by atoms with van der Waals surface area (Å²) >= 11 is 1.48. The van der Waals surface area contributed by atoms with Gasteiger partial charge in [-0.25, -0.2) is 0 Å². The molecule has 3 nitrogen and oxygen atoms in total. The Kier molecular flexibility index (Phi) is 5.84. The minimum Gasteiger partial charge on any atom is -0.322 e. The molecule has 0 unspecified atom stereocenters. The van der Waals surface area contributed by atoms with Gasteiger partial charge < -0.3 is 5.32 Å². The van der Waals surface area contributed by atoms with Crippen molar-refractivity contribution >= 4 is 29.1 Å². The fraction of sp³-hybridized carbons (Fsp3) is 0.103. The number of amides is 1. The first kappa shape index (κ1) is 21.2. The van der Waals surface area contributed by atoms with Crippen molar-refractivity contribution in [2.45, 2.75) is 18.2 Å². The van der Waals surface area contributed by atoms with Gasteiger partial charge in [-0.3, -0.25) is 9.59 Å². The van der Waals surface area contributed by atoms with Crippen molar-refractivity contribution in [1.82, 2.24) is 0 Å². The lowest BCUT2D eigenvalue weighted by atomic mass is 10.0. The number of anilines is 1. The van der Waals surface area contributed by atoms with Crippen LogP contribution in [0.3, 0.4) is 0 Å². The highest BCUT2D eigenvalue weighted by atomic mass is 32.2. The minimum absolute atomic E-state index is 0.104. The van der Waals surface area contributed by atoms with Crippen LogP contribution in [0.1, 0.15) is 37.4 Å². The van der Waals surface area contributed by atoms with Crippen molar-refractivity contribution < 1.29 is 9.59 Å². The van der Waals surface area contributed by atoms with E-state index < -0.39 is 0 Å². The Labute approximate surface area is 197 Å². The monoisotopic (exact) mass is 449 g/mol. The lowest BCUT2D eigenvalue weighted by molar-refractivity contribution is 0.101. The molecule has 0 aromatic heterocycles. The third-order valence-electron chi connectivity index (χ3n) is 5.89. The van der Waals surface area contributed by atoms with Gasteiger partial charge in [-0.1, -0.05) is 60.2 Å². The molecule has 4 heteroatoms. The van der Waals surface area contributed by atoms with E-state index in [0.29, 0.717) is 17.0 Å². The van der Waals surface area contributed by atoms with Gasteiger partial charge in [0, 0.05) is 21.7 Å². The fourth-order valence-corrected chi connectivity index (χ4v) is 4.97. The van der Waals surface area contributed by atoms with E-state index in [-0.39, 0.29) is 11.7 Å². The summed E-state index contributed by atoms with van der Waals surface area (Å²) < 4.78 is 0. The second kappa shape index (κ2) is 9.08. The van der Waals surface area contributed by atoms with Gasteiger partial charge in [-0.2, -0.15) is 0 Å². The van der Waals surface area contributed by atoms with Crippen LogP contribution in [0.5, 0.6) is 0 Å². The Hall–Kier alpha value is -3.63. The van der Waals surface area contributed by atoms with Crippen molar-refractivity contribution in [2.75, 3.05) is 11.1 Å². The van der Waals surface area contributed by atoms with Crippen molar-refractivity contribution in [3.63, 3.8) is 0 Å². The number of Topliss-reactive ketones (excluding diaryl/α,β-unsaturated/α-hetero) is 1. The lowest BCUT2D eigenvalue weighted by Gasteiger charge is -2.08. The summed E-state index contributed by atoms with van der Waals surface area (Å²) in [5, 5.41) is 2.94. The maximum atomic E-state index is 12.9. The zero-order valence-corrected chi connectivity index (χ0v) is 19.1. The van der Waals surface area contributed by atoms with Gasteiger partial charge in [-0.05, 0) is 72.0 Å². The number of ketones is 1. The maximum absolute atomic E-state index is 12.9. The molecular formula is C29H23NO2S. The van der Waals surface area contributed by atoms with E-state index in [4.69, 9.17) is 0 Å². The van der Waals surface area contributed by atoms with Crippen molar-refractivity contribution in [2.24, 2.45) is 0 Å². The Morgan fingerprint density at radius 2 is 1.55 bits per heavy atom. The van der Waals surface area contributed by atoms with E-state index in [9.17, 15) is 9.59 Å². The van der Waals surface area contributed by atoms with Crippen LogP contribution < -0.4 is 5.32 Å². The molecule has 0 saturated heterocycles. The molecule has 5 rings (SSSR count). The predicted octanol–water partition coefficient (Wildman–Crippen LogP) is 6.79. The van der Waals surface area contributed by atoms with Crippen LogP contribution in [0.4, 0.5) is 5.69 Å². The first-order valence-corrected chi connectivity index (χ1v) is 11.9. The highest BCUT2D eigenvalue weighted by Gasteiger charge is 2.19. The molecule has 0 spiro atoms. The molecule has 162 valence electrons. The van der Waals surface area contributed by atoms with Crippen molar-refractivity contribution in [1.29, 1.82) is 0 Å². The molecule has 4 aromatic carbocycles. The van der Waals surface area contributed by atoms with E-state index in [0.717, 1.165) is 22.4 Å². The topological polar surface area (TPSA) is 46.2 Å². The Bertz CT molecular complexity index is 1360. The molecule has 33 heavy (non-hydrogen) atoms. The van der Waals surface area contributed by atoms with Crippen LogP contribution >= 0.6 is 11.8 Å². The predicted molar refractivity (Wildman–Crippen MR) is 135 cm³/mol. The smallest absolute Gasteiger partial charge is 0.255 e. The molecule has 0 bridgehead atoms. The van der Waals surface area contributed by atoms with Crippen molar-refractivity contribution in [3.05, 3.63) is 119 Å². The zero-order valence-electron chi connectivity index (χ0n) is 18.3. The quantitative estimate of drug-likeness (QED) is 0.229.